The molecule has 1 fully saturated rings. The highest BCUT2D eigenvalue weighted by Crippen LogP contribution is 2.19. The molecule has 2 aliphatic rings. The zero-order valence-electron chi connectivity index (χ0n) is 15.5. The highest BCUT2D eigenvalue weighted by Gasteiger charge is 2.29. The predicted octanol–water partition coefficient (Wildman–Crippen LogP) is 1.90. The molecular formula is C19H25ClN6O2. The zero-order valence-corrected chi connectivity index (χ0v) is 16.3. The Morgan fingerprint density at radius 3 is 2.64 bits per heavy atom. The van der Waals surface area contributed by atoms with Crippen LogP contribution in [-0.2, 0) is 13.0 Å². The summed E-state index contributed by atoms with van der Waals surface area (Å²) in [6.07, 6.45) is 2.34. The van der Waals surface area contributed by atoms with Crippen molar-refractivity contribution in [3.05, 3.63) is 47.3 Å². The molecule has 28 heavy (non-hydrogen) atoms. The fourth-order valence-corrected chi connectivity index (χ4v) is 3.65. The first-order valence-corrected chi connectivity index (χ1v) is 9.39. The number of carbonyl (C=O) groups excluding carboxylic acids is 2. The van der Waals surface area contributed by atoms with Crippen LogP contribution < -0.4 is 16.0 Å². The van der Waals surface area contributed by atoms with Crippen molar-refractivity contribution in [3.8, 4) is 0 Å². The SMILES string of the molecule is Cl.O=C(Nc1ccccc1)NC1CCN(C(=O)c2n[nH]c3c2CNCC3)CC1. The number of piperidine rings is 1. The lowest BCUT2D eigenvalue weighted by molar-refractivity contribution is 0.0701. The third-order valence-corrected chi connectivity index (χ3v) is 5.16. The number of amides is 3. The number of hydrogen-bond donors (Lipinski definition) is 4. The summed E-state index contributed by atoms with van der Waals surface area (Å²) in [4.78, 5) is 26.8. The van der Waals surface area contributed by atoms with Crippen molar-refractivity contribution in [1.82, 2.24) is 25.7 Å². The number of halogens is 1. The lowest BCUT2D eigenvalue weighted by Crippen LogP contribution is -2.47. The van der Waals surface area contributed by atoms with E-state index >= 15 is 0 Å². The number of benzene rings is 1. The van der Waals surface area contributed by atoms with Crippen LogP contribution in [0.15, 0.2) is 30.3 Å². The van der Waals surface area contributed by atoms with Crippen LogP contribution in [0.25, 0.3) is 0 Å². The summed E-state index contributed by atoms with van der Waals surface area (Å²) in [5.74, 6) is -0.0246. The van der Waals surface area contributed by atoms with Crippen molar-refractivity contribution in [3.63, 3.8) is 0 Å². The number of likely N-dealkylation sites (tertiary alicyclic amines) is 1. The van der Waals surface area contributed by atoms with E-state index in [1.807, 2.05) is 35.2 Å². The first-order chi connectivity index (χ1) is 13.2. The van der Waals surface area contributed by atoms with Crippen molar-refractivity contribution >= 4 is 30.0 Å². The van der Waals surface area contributed by atoms with E-state index in [1.165, 1.54) is 0 Å². The van der Waals surface area contributed by atoms with Crippen molar-refractivity contribution in [2.45, 2.75) is 31.8 Å². The fourth-order valence-electron chi connectivity index (χ4n) is 3.65. The highest BCUT2D eigenvalue weighted by atomic mass is 35.5. The second-order valence-corrected chi connectivity index (χ2v) is 6.99. The van der Waals surface area contributed by atoms with Crippen molar-refractivity contribution in [1.29, 1.82) is 0 Å². The van der Waals surface area contributed by atoms with E-state index in [-0.39, 0.29) is 30.4 Å². The Morgan fingerprint density at radius 1 is 1.14 bits per heavy atom. The molecule has 3 amide bonds. The molecule has 0 unspecified atom stereocenters. The molecule has 2 aromatic rings. The Bertz CT molecular complexity index is 817. The van der Waals surface area contributed by atoms with Gasteiger partial charge in [0.25, 0.3) is 5.91 Å². The Hall–Kier alpha value is -2.58. The summed E-state index contributed by atoms with van der Waals surface area (Å²) in [6, 6.07) is 9.21. The molecule has 2 aliphatic heterocycles. The summed E-state index contributed by atoms with van der Waals surface area (Å²) in [5, 5.41) is 16.4. The molecule has 1 saturated heterocycles. The van der Waals surface area contributed by atoms with Crippen LogP contribution in [0.3, 0.4) is 0 Å². The maximum atomic E-state index is 12.8. The fraction of sp³-hybridized carbons (Fsp3) is 0.421. The highest BCUT2D eigenvalue weighted by molar-refractivity contribution is 5.94. The van der Waals surface area contributed by atoms with Gasteiger partial charge in [0.1, 0.15) is 0 Å². The average Bonchev–Trinajstić information content (AvgIpc) is 3.13. The lowest BCUT2D eigenvalue weighted by Gasteiger charge is -2.32. The van der Waals surface area contributed by atoms with Gasteiger partial charge in [-0.05, 0) is 25.0 Å². The summed E-state index contributed by atoms with van der Waals surface area (Å²) in [5.41, 5.74) is 3.35. The molecule has 0 radical (unpaired) electrons. The minimum absolute atomic E-state index is 0. The number of H-pyrrole nitrogens is 1. The molecule has 1 aromatic heterocycles. The van der Waals surface area contributed by atoms with Gasteiger partial charge in [0.05, 0.1) is 0 Å². The minimum atomic E-state index is -0.210. The first-order valence-electron chi connectivity index (χ1n) is 9.39. The van der Waals surface area contributed by atoms with E-state index < -0.39 is 0 Å². The lowest BCUT2D eigenvalue weighted by atomic mass is 10.0. The number of aromatic nitrogens is 2. The number of aromatic amines is 1. The molecule has 1 aromatic carbocycles. The number of carbonyl (C=O) groups is 2. The third-order valence-electron chi connectivity index (χ3n) is 5.16. The maximum absolute atomic E-state index is 12.8. The summed E-state index contributed by atoms with van der Waals surface area (Å²) < 4.78 is 0. The minimum Gasteiger partial charge on any atom is -0.337 e. The largest absolute Gasteiger partial charge is 0.337 e. The number of rotatable bonds is 3. The summed E-state index contributed by atoms with van der Waals surface area (Å²) in [7, 11) is 0. The number of para-hydroxylation sites is 1. The van der Waals surface area contributed by atoms with Gasteiger partial charge in [-0.3, -0.25) is 9.89 Å². The van der Waals surface area contributed by atoms with Gasteiger partial charge >= 0.3 is 6.03 Å². The summed E-state index contributed by atoms with van der Waals surface area (Å²) in [6.45, 7) is 2.82. The second kappa shape index (κ2) is 9.07. The van der Waals surface area contributed by atoms with Gasteiger partial charge in [-0.2, -0.15) is 5.10 Å². The Balaban J connectivity index is 0.00000225. The number of anilines is 1. The standard InChI is InChI=1S/C19H24N6O2.ClH/c26-18(17-15-12-20-9-6-16(15)23-24-17)25-10-7-14(8-11-25)22-19(27)21-13-4-2-1-3-5-13;/h1-5,14,20H,6-12H2,(H,23,24)(H2,21,22,27);1H. The smallest absolute Gasteiger partial charge is 0.319 e. The van der Waals surface area contributed by atoms with Gasteiger partial charge < -0.3 is 20.9 Å². The van der Waals surface area contributed by atoms with Crippen LogP contribution in [0.5, 0.6) is 0 Å². The van der Waals surface area contributed by atoms with Gasteiger partial charge in [-0.25, -0.2) is 4.79 Å². The van der Waals surface area contributed by atoms with Gasteiger partial charge in [0, 0.05) is 55.6 Å². The molecule has 0 spiro atoms. The number of urea groups is 1. The van der Waals surface area contributed by atoms with Crippen LogP contribution in [-0.4, -0.2) is 52.7 Å². The number of nitrogens with zero attached hydrogens (tertiary/aromatic N) is 2. The Morgan fingerprint density at radius 2 is 1.89 bits per heavy atom. The number of fused-ring (bicyclic) bond motifs is 1. The van der Waals surface area contributed by atoms with Crippen LogP contribution >= 0.6 is 12.4 Å². The molecule has 0 atom stereocenters. The summed E-state index contributed by atoms with van der Waals surface area (Å²) >= 11 is 0. The molecule has 0 saturated carbocycles. The normalized spacial score (nSPS) is 16.6. The number of nitrogens with one attached hydrogen (secondary N) is 4. The Labute approximate surface area is 169 Å². The predicted molar refractivity (Wildman–Crippen MR) is 109 cm³/mol. The van der Waals surface area contributed by atoms with E-state index in [1.54, 1.807) is 0 Å². The van der Waals surface area contributed by atoms with Gasteiger partial charge in [0.15, 0.2) is 5.69 Å². The molecule has 9 heteroatoms. The van der Waals surface area contributed by atoms with E-state index in [2.05, 4.69) is 26.1 Å². The molecule has 4 N–H and O–H groups in total. The van der Waals surface area contributed by atoms with E-state index in [9.17, 15) is 9.59 Å². The van der Waals surface area contributed by atoms with E-state index in [4.69, 9.17) is 0 Å². The van der Waals surface area contributed by atoms with Crippen molar-refractivity contribution in [2.75, 3.05) is 25.0 Å². The van der Waals surface area contributed by atoms with Gasteiger partial charge in [-0.15, -0.1) is 12.4 Å². The molecule has 0 bridgehead atoms. The van der Waals surface area contributed by atoms with E-state index in [0.717, 1.165) is 42.8 Å². The molecule has 0 aliphatic carbocycles. The second-order valence-electron chi connectivity index (χ2n) is 6.99. The first kappa shape index (κ1) is 20.2. The maximum Gasteiger partial charge on any atom is 0.319 e. The molecular weight excluding hydrogens is 380 g/mol. The topological polar surface area (TPSA) is 102 Å². The van der Waals surface area contributed by atoms with Gasteiger partial charge in [0.2, 0.25) is 0 Å². The zero-order chi connectivity index (χ0) is 18.6. The monoisotopic (exact) mass is 404 g/mol. The van der Waals surface area contributed by atoms with Crippen LogP contribution in [0, 0.1) is 0 Å². The Kier molecular flexibility index (Phi) is 6.53. The number of hydrogen-bond acceptors (Lipinski definition) is 4. The molecule has 8 nitrogen and oxygen atoms in total. The van der Waals surface area contributed by atoms with E-state index in [0.29, 0.717) is 25.3 Å². The average molecular weight is 405 g/mol. The van der Waals surface area contributed by atoms with Crippen LogP contribution in [0.1, 0.15) is 34.6 Å². The molecule has 150 valence electrons. The molecule has 3 heterocycles. The van der Waals surface area contributed by atoms with Crippen molar-refractivity contribution < 1.29 is 9.59 Å². The van der Waals surface area contributed by atoms with Crippen LogP contribution in [0.4, 0.5) is 10.5 Å². The van der Waals surface area contributed by atoms with Crippen LogP contribution in [0.2, 0.25) is 0 Å². The quantitative estimate of drug-likeness (QED) is 0.627. The molecule has 4 rings (SSSR count). The third kappa shape index (κ3) is 4.45. The van der Waals surface area contributed by atoms with Crippen molar-refractivity contribution in [2.24, 2.45) is 0 Å². The van der Waals surface area contributed by atoms with Gasteiger partial charge in [-0.1, -0.05) is 18.2 Å².